The fraction of sp³-hybridized carbons (Fsp3) is 0.158. The zero-order valence-electron chi connectivity index (χ0n) is 11.4. The van der Waals surface area contributed by atoms with Crippen LogP contribution in [0.15, 0.2) is 66.7 Å². The molecule has 0 saturated carbocycles. The van der Waals surface area contributed by atoms with Crippen LogP contribution in [0.3, 0.4) is 0 Å². The topological polar surface area (TPSA) is 4.93 Å². The van der Waals surface area contributed by atoms with E-state index in [2.05, 4.69) is 71.3 Å². The molecule has 0 unspecified atom stereocenters. The molecule has 3 aromatic rings. The van der Waals surface area contributed by atoms with Gasteiger partial charge in [-0.05, 0) is 48.6 Å². The molecule has 1 heteroatoms. The number of fused-ring (bicyclic) bond motifs is 1. The summed E-state index contributed by atoms with van der Waals surface area (Å²) < 4.78 is 2.44. The van der Waals surface area contributed by atoms with Crippen LogP contribution >= 0.6 is 0 Å². The highest BCUT2D eigenvalue weighted by Crippen LogP contribution is 2.34. The number of para-hydroxylation sites is 1. The zero-order valence-corrected chi connectivity index (χ0v) is 11.4. The molecule has 4 rings (SSSR count). The number of benzene rings is 2. The molecule has 0 radical (unpaired) electrons. The van der Waals surface area contributed by atoms with Crippen LogP contribution in [-0.4, -0.2) is 4.57 Å². The maximum Gasteiger partial charge on any atom is 0.0534 e. The van der Waals surface area contributed by atoms with Crippen LogP contribution in [0.1, 0.15) is 17.7 Å². The van der Waals surface area contributed by atoms with Gasteiger partial charge in [-0.15, -0.1) is 0 Å². The predicted octanol–water partition coefficient (Wildman–Crippen LogP) is 4.63. The number of hydrogen-bond donors (Lipinski definition) is 0. The average molecular weight is 259 g/mol. The maximum absolute atomic E-state index is 2.44. The summed E-state index contributed by atoms with van der Waals surface area (Å²) in [5, 5.41) is 0. The molecule has 0 spiro atoms. The second-order valence-electron chi connectivity index (χ2n) is 5.39. The summed E-state index contributed by atoms with van der Waals surface area (Å²) in [6, 6.07) is 23.8. The highest BCUT2D eigenvalue weighted by molar-refractivity contribution is 5.66. The Kier molecular flexibility index (Phi) is 2.70. The first-order valence-electron chi connectivity index (χ1n) is 7.28. The summed E-state index contributed by atoms with van der Waals surface area (Å²) in [6.07, 6.45) is 3.69. The van der Waals surface area contributed by atoms with E-state index in [1.165, 1.54) is 47.5 Å². The summed E-state index contributed by atoms with van der Waals surface area (Å²) in [6.45, 7) is 0. The van der Waals surface area contributed by atoms with E-state index in [1.54, 1.807) is 0 Å². The Bertz CT molecular complexity index is 723. The zero-order chi connectivity index (χ0) is 13.4. The van der Waals surface area contributed by atoms with E-state index in [0.717, 1.165) is 0 Å². The second-order valence-corrected chi connectivity index (χ2v) is 5.39. The first kappa shape index (κ1) is 11.5. The lowest BCUT2D eigenvalue weighted by atomic mass is 10.1. The summed E-state index contributed by atoms with van der Waals surface area (Å²) in [4.78, 5) is 0. The molecule has 1 heterocycles. The van der Waals surface area contributed by atoms with Gasteiger partial charge in [0, 0.05) is 11.4 Å². The molecule has 1 aliphatic rings. The normalized spacial score (nSPS) is 13.4. The molecular weight excluding hydrogens is 242 g/mol. The number of rotatable bonds is 2. The lowest BCUT2D eigenvalue weighted by Gasteiger charge is -2.13. The quantitative estimate of drug-likeness (QED) is 0.632. The third-order valence-corrected chi connectivity index (χ3v) is 4.14. The van der Waals surface area contributed by atoms with Crippen molar-refractivity contribution in [2.24, 2.45) is 0 Å². The SMILES string of the molecule is c1ccc(-c2cc3c(n2-c2ccccc2)CCC3)cc1. The molecular formula is C19H17N. The Labute approximate surface area is 119 Å². The number of nitrogens with zero attached hydrogens (tertiary/aromatic N) is 1. The minimum Gasteiger partial charge on any atom is -0.313 e. The van der Waals surface area contributed by atoms with Crippen LogP contribution in [-0.2, 0) is 12.8 Å². The van der Waals surface area contributed by atoms with Gasteiger partial charge in [-0.3, -0.25) is 0 Å². The molecule has 2 aromatic carbocycles. The van der Waals surface area contributed by atoms with E-state index < -0.39 is 0 Å². The average Bonchev–Trinajstić information content (AvgIpc) is 3.09. The van der Waals surface area contributed by atoms with Gasteiger partial charge in [0.15, 0.2) is 0 Å². The van der Waals surface area contributed by atoms with Crippen LogP contribution in [0, 0.1) is 0 Å². The molecule has 1 aliphatic carbocycles. The van der Waals surface area contributed by atoms with E-state index in [0.29, 0.717) is 0 Å². The van der Waals surface area contributed by atoms with Gasteiger partial charge >= 0.3 is 0 Å². The highest BCUT2D eigenvalue weighted by atomic mass is 15.0. The predicted molar refractivity (Wildman–Crippen MR) is 83.2 cm³/mol. The Morgan fingerprint density at radius 1 is 0.750 bits per heavy atom. The van der Waals surface area contributed by atoms with Crippen LogP contribution in [0.4, 0.5) is 0 Å². The molecule has 1 aromatic heterocycles. The number of hydrogen-bond acceptors (Lipinski definition) is 0. The summed E-state index contributed by atoms with van der Waals surface area (Å²) >= 11 is 0. The Morgan fingerprint density at radius 2 is 1.45 bits per heavy atom. The van der Waals surface area contributed by atoms with Crippen molar-refractivity contribution in [1.82, 2.24) is 4.57 Å². The van der Waals surface area contributed by atoms with Gasteiger partial charge < -0.3 is 4.57 Å². The Balaban J connectivity index is 1.97. The Hall–Kier alpha value is -2.28. The van der Waals surface area contributed by atoms with Crippen LogP contribution in [0.2, 0.25) is 0 Å². The van der Waals surface area contributed by atoms with Gasteiger partial charge in [-0.25, -0.2) is 0 Å². The summed E-state index contributed by atoms with van der Waals surface area (Å²) in [5.41, 5.74) is 6.91. The molecule has 0 amide bonds. The van der Waals surface area contributed by atoms with Crippen molar-refractivity contribution in [1.29, 1.82) is 0 Å². The number of aromatic nitrogens is 1. The van der Waals surface area contributed by atoms with Gasteiger partial charge in [0.1, 0.15) is 0 Å². The lowest BCUT2D eigenvalue weighted by molar-refractivity contribution is 0.864. The number of aryl methyl sites for hydroxylation is 1. The lowest BCUT2D eigenvalue weighted by Crippen LogP contribution is -2.00. The molecule has 0 N–H and O–H groups in total. The van der Waals surface area contributed by atoms with Crippen molar-refractivity contribution in [3.05, 3.63) is 78.0 Å². The van der Waals surface area contributed by atoms with Crippen LogP contribution in [0.5, 0.6) is 0 Å². The summed E-state index contributed by atoms with van der Waals surface area (Å²) in [5.74, 6) is 0. The van der Waals surface area contributed by atoms with Gasteiger partial charge in [0.25, 0.3) is 0 Å². The molecule has 0 fully saturated rings. The van der Waals surface area contributed by atoms with E-state index in [1.807, 2.05) is 0 Å². The van der Waals surface area contributed by atoms with Crippen molar-refractivity contribution < 1.29 is 0 Å². The standard InChI is InChI=1S/C19H17N/c1-3-8-15(9-4-1)19-14-16-10-7-13-18(16)20(19)17-11-5-2-6-12-17/h1-6,8-9,11-12,14H,7,10,13H2. The van der Waals surface area contributed by atoms with Gasteiger partial charge in [0.05, 0.1) is 5.69 Å². The molecule has 98 valence electrons. The minimum atomic E-state index is 1.19. The molecule has 20 heavy (non-hydrogen) atoms. The van der Waals surface area contributed by atoms with Crippen LogP contribution in [0.25, 0.3) is 16.9 Å². The van der Waals surface area contributed by atoms with E-state index in [-0.39, 0.29) is 0 Å². The highest BCUT2D eigenvalue weighted by Gasteiger charge is 2.20. The molecule has 0 atom stereocenters. The van der Waals surface area contributed by atoms with Gasteiger partial charge in [-0.2, -0.15) is 0 Å². The molecule has 0 saturated heterocycles. The fourth-order valence-corrected chi connectivity index (χ4v) is 3.23. The molecule has 0 bridgehead atoms. The third-order valence-electron chi connectivity index (χ3n) is 4.14. The first-order valence-corrected chi connectivity index (χ1v) is 7.28. The van der Waals surface area contributed by atoms with Crippen molar-refractivity contribution in [2.75, 3.05) is 0 Å². The molecule has 1 nitrogen and oxygen atoms in total. The fourth-order valence-electron chi connectivity index (χ4n) is 3.23. The van der Waals surface area contributed by atoms with Gasteiger partial charge in [-0.1, -0.05) is 48.5 Å². The molecule has 0 aliphatic heterocycles. The smallest absolute Gasteiger partial charge is 0.0534 e. The van der Waals surface area contributed by atoms with Crippen LogP contribution < -0.4 is 0 Å². The van der Waals surface area contributed by atoms with Crippen molar-refractivity contribution in [3.63, 3.8) is 0 Å². The maximum atomic E-state index is 2.44. The monoisotopic (exact) mass is 259 g/mol. The van der Waals surface area contributed by atoms with E-state index in [9.17, 15) is 0 Å². The summed E-state index contributed by atoms with van der Waals surface area (Å²) in [7, 11) is 0. The van der Waals surface area contributed by atoms with Crippen molar-refractivity contribution in [3.8, 4) is 16.9 Å². The van der Waals surface area contributed by atoms with Crippen molar-refractivity contribution >= 4 is 0 Å². The first-order chi connectivity index (χ1) is 9.93. The second kappa shape index (κ2) is 4.68. The minimum absolute atomic E-state index is 1.19. The Morgan fingerprint density at radius 3 is 2.20 bits per heavy atom. The third kappa shape index (κ3) is 1.78. The van der Waals surface area contributed by atoms with E-state index >= 15 is 0 Å². The van der Waals surface area contributed by atoms with Gasteiger partial charge in [0.2, 0.25) is 0 Å². The van der Waals surface area contributed by atoms with E-state index in [4.69, 9.17) is 0 Å². The largest absolute Gasteiger partial charge is 0.313 e. The van der Waals surface area contributed by atoms with Crippen molar-refractivity contribution in [2.45, 2.75) is 19.3 Å².